The van der Waals surface area contributed by atoms with Gasteiger partial charge in [-0.3, -0.25) is 29.5 Å². The van der Waals surface area contributed by atoms with E-state index in [9.17, 15) is 38.4 Å². The van der Waals surface area contributed by atoms with E-state index in [1.807, 2.05) is 12.1 Å². The Morgan fingerprint density at radius 1 is 0.379 bits per heavy atom. The van der Waals surface area contributed by atoms with E-state index in [0.29, 0.717) is 114 Å². The van der Waals surface area contributed by atoms with E-state index < -0.39 is 58.0 Å². The first-order valence-electron chi connectivity index (χ1n) is 40.1. The lowest BCUT2D eigenvalue weighted by molar-refractivity contribution is -0.125. The van der Waals surface area contributed by atoms with Gasteiger partial charge in [0.2, 0.25) is 47.5 Å². The minimum atomic E-state index is -1.18. The van der Waals surface area contributed by atoms with E-state index in [4.69, 9.17) is 40.4 Å². The maximum absolute atomic E-state index is 13.5. The number of para-hydroxylation sites is 2. The molecule has 0 saturated heterocycles. The molecule has 0 radical (unpaired) electrons. The molecular formula is C84H104N20O12. The standard InChI is InChI=1S/C84H104N20O12/c1-5-39-113-67-55-31-25-32-56(67)46-60-50-64(92-78-96-74(86)94-76(98-78)90-38-24-14-10-12-22-36-88-72(106)66(44-54-29-19-16-20-30-54)104-83(111)101-80(108)102-84(104)112)52-62(70(60)116-42-8-4)48-58-34-26-33-57(68(58)114-40-6-2)47-61-51-63(49-59(45-55)69(61)115-41-7-3)91-77-95-73(85)93-75(97-77)89-37-23-13-9-11-21-35-87-71(105)65(43-53-27-17-15-18-28-53)103-81(109)99-79(107)100-82(103)110/h15-20,25-34,49-52,65-66H,5-14,21-24,35-48H2,1-4H3,(H,87,105)(H,88,106)(H2,99,100,107,109,110)(H2,101,102,108,111,112)(H4,85,89,91,93,95,97)(H4,86,90,92,94,96,98)/t65-,66-/m1/s1. The van der Waals surface area contributed by atoms with Crippen molar-refractivity contribution in [2.45, 2.75) is 168 Å². The van der Waals surface area contributed by atoms with E-state index in [2.05, 4.69) is 160 Å². The summed E-state index contributed by atoms with van der Waals surface area (Å²) in [6, 6.07) is 36.5. The van der Waals surface area contributed by atoms with Gasteiger partial charge >= 0.3 is 34.1 Å². The van der Waals surface area contributed by atoms with Crippen LogP contribution in [0.15, 0.2) is 150 Å². The number of fused-ring (bicyclic) bond motifs is 8. The summed E-state index contributed by atoms with van der Waals surface area (Å²) >= 11 is 0. The Hall–Kier alpha value is -12.9. The average molecular weight is 1590 g/mol. The van der Waals surface area contributed by atoms with Gasteiger partial charge in [-0.2, -0.15) is 29.9 Å². The molecule has 2 amide bonds. The molecule has 4 aromatic heterocycles. The second-order valence-corrected chi connectivity index (χ2v) is 28.6. The lowest BCUT2D eigenvalue weighted by Gasteiger charge is -2.24. The molecule has 116 heavy (non-hydrogen) atoms. The lowest BCUT2D eigenvalue weighted by atomic mass is 9.90. The van der Waals surface area contributed by atoms with Crippen molar-refractivity contribution in [1.82, 2.24) is 69.6 Å². The van der Waals surface area contributed by atoms with Gasteiger partial charge in [-0.15, -0.1) is 0 Å². The number of nitrogens with one attached hydrogen (secondary N) is 10. The van der Waals surface area contributed by atoms with Crippen molar-refractivity contribution >= 4 is 58.9 Å². The van der Waals surface area contributed by atoms with Crippen molar-refractivity contribution in [2.24, 2.45) is 0 Å². The monoisotopic (exact) mass is 1580 g/mol. The normalized spacial score (nSPS) is 12.2. The fraction of sp³-hybridized carbons (Fsp3) is 0.405. The number of aromatic amines is 4. The van der Waals surface area contributed by atoms with Crippen molar-refractivity contribution < 1.29 is 28.5 Å². The van der Waals surface area contributed by atoms with E-state index in [0.717, 1.165) is 165 Å². The van der Waals surface area contributed by atoms with Crippen LogP contribution in [-0.4, -0.2) is 123 Å². The van der Waals surface area contributed by atoms with Gasteiger partial charge in [-0.1, -0.05) is 163 Å². The first-order valence-corrected chi connectivity index (χ1v) is 40.1. The van der Waals surface area contributed by atoms with Gasteiger partial charge < -0.3 is 62.3 Å². The van der Waals surface area contributed by atoms with Crippen LogP contribution in [0.2, 0.25) is 0 Å². The van der Waals surface area contributed by atoms with Crippen LogP contribution >= 0.6 is 0 Å². The number of hydrogen-bond donors (Lipinski definition) is 12. The molecule has 11 rings (SSSR count). The minimum absolute atomic E-state index is 0.0217. The fourth-order valence-corrected chi connectivity index (χ4v) is 14.0. The molecule has 612 valence electrons. The zero-order chi connectivity index (χ0) is 81.7. The summed E-state index contributed by atoms with van der Waals surface area (Å²) in [5, 5.41) is 19.4. The SMILES string of the molecule is CCCOc1c2cccc1Cc1cc(Nc3nc(N)nc(NCCCCCCCNC(=O)[C@@H](Cc4ccccc4)n4c(=O)[nH]c(=O)[nH]c4=O)n3)cc(c1OCCC)Cc1cccc(c1OCCC)Cc1cc(Nc3nc(N)nc(NCCCCCCCNC(=O)[C@@H](Cc4ccccc4)n4c(=O)[nH]c(=O)[nH]c4=O)n3)cc(c1OCCC)C2. The van der Waals surface area contributed by atoms with Crippen molar-refractivity contribution in [3.63, 3.8) is 0 Å². The summed E-state index contributed by atoms with van der Waals surface area (Å²) in [5.41, 5.74) is 17.3. The molecule has 32 nitrogen and oxygen atoms in total. The molecule has 0 aliphatic heterocycles. The number of carbonyl (C=O) groups excluding carboxylic acids is 2. The molecule has 0 saturated carbocycles. The highest BCUT2D eigenvalue weighted by atomic mass is 16.5. The van der Waals surface area contributed by atoms with E-state index in [-0.39, 0.29) is 36.6 Å². The Balaban J connectivity index is 0.780. The number of benzene rings is 6. The highest BCUT2D eigenvalue weighted by Gasteiger charge is 2.29. The zero-order valence-electron chi connectivity index (χ0n) is 66.1. The largest absolute Gasteiger partial charge is 0.493 e. The van der Waals surface area contributed by atoms with Crippen LogP contribution in [0, 0.1) is 0 Å². The third-order valence-corrected chi connectivity index (χ3v) is 19.4. The molecule has 4 heterocycles. The number of amides is 2. The van der Waals surface area contributed by atoms with Gasteiger partial charge in [0, 0.05) is 98.3 Å². The summed E-state index contributed by atoms with van der Waals surface area (Å²) in [7, 11) is 0. The molecule has 0 fully saturated rings. The maximum Gasteiger partial charge on any atom is 0.334 e. The molecular weight excluding hydrogens is 1480 g/mol. The summed E-state index contributed by atoms with van der Waals surface area (Å²) in [6.45, 7) is 11.9. The molecule has 0 spiro atoms. The lowest BCUT2D eigenvalue weighted by Crippen LogP contribution is -2.49. The van der Waals surface area contributed by atoms with Crippen LogP contribution in [0.1, 0.15) is 185 Å². The molecule has 6 aromatic carbocycles. The summed E-state index contributed by atoms with van der Waals surface area (Å²) in [5.74, 6) is 3.08. The number of carbonyl (C=O) groups is 2. The van der Waals surface area contributed by atoms with Crippen molar-refractivity contribution in [2.75, 3.05) is 85.3 Å². The number of hydrogen-bond acceptors (Lipinski definition) is 24. The predicted molar refractivity (Wildman–Crippen MR) is 447 cm³/mol. The van der Waals surface area contributed by atoms with Gasteiger partial charge in [-0.25, -0.2) is 37.9 Å². The van der Waals surface area contributed by atoms with E-state index in [1.165, 1.54) is 0 Å². The van der Waals surface area contributed by atoms with E-state index >= 15 is 0 Å². The molecule has 10 aromatic rings. The van der Waals surface area contributed by atoms with Gasteiger partial charge in [-0.05, 0) is 109 Å². The molecule has 1 aliphatic carbocycles. The number of aromatic nitrogens is 12. The number of H-pyrrole nitrogens is 4. The fourth-order valence-electron chi connectivity index (χ4n) is 14.0. The Bertz CT molecular complexity index is 4850. The van der Waals surface area contributed by atoms with Crippen LogP contribution < -0.4 is 96.5 Å². The first-order chi connectivity index (χ1) is 56.4. The van der Waals surface area contributed by atoms with Crippen LogP contribution in [-0.2, 0) is 48.1 Å². The number of nitrogens with zero attached hydrogens (tertiary/aromatic N) is 8. The van der Waals surface area contributed by atoms with Crippen molar-refractivity contribution in [3.05, 3.63) is 240 Å². The molecule has 14 N–H and O–H groups in total. The zero-order valence-corrected chi connectivity index (χ0v) is 66.1. The number of anilines is 8. The number of nitrogen functional groups attached to an aromatic ring is 2. The number of rotatable bonds is 42. The Morgan fingerprint density at radius 3 is 0.991 bits per heavy atom. The highest BCUT2D eigenvalue weighted by molar-refractivity contribution is 5.81. The summed E-state index contributed by atoms with van der Waals surface area (Å²) in [6.07, 6.45) is 12.7. The maximum atomic E-state index is 13.5. The molecule has 1 aliphatic rings. The van der Waals surface area contributed by atoms with Gasteiger partial charge in [0.15, 0.2) is 0 Å². The van der Waals surface area contributed by atoms with Crippen LogP contribution in [0.4, 0.5) is 47.1 Å². The molecule has 8 bridgehead atoms. The highest BCUT2D eigenvalue weighted by Crippen LogP contribution is 2.42. The Labute approximate surface area is 670 Å². The van der Waals surface area contributed by atoms with Gasteiger partial charge in [0.25, 0.3) is 0 Å². The third kappa shape index (κ3) is 23.6. The van der Waals surface area contributed by atoms with E-state index in [1.54, 1.807) is 48.5 Å². The third-order valence-electron chi connectivity index (χ3n) is 19.4. The van der Waals surface area contributed by atoms with Crippen molar-refractivity contribution in [3.8, 4) is 23.0 Å². The Morgan fingerprint density at radius 2 is 0.672 bits per heavy atom. The number of ether oxygens (including phenoxy) is 4. The molecule has 2 atom stereocenters. The molecule has 32 heteroatoms. The molecule has 0 unspecified atom stereocenters. The predicted octanol–water partition coefficient (Wildman–Crippen LogP) is 9.54. The van der Waals surface area contributed by atoms with Gasteiger partial charge in [0.05, 0.1) is 26.4 Å². The topological polar surface area (TPSA) is 448 Å². The second-order valence-electron chi connectivity index (χ2n) is 28.6. The van der Waals surface area contributed by atoms with Gasteiger partial charge in [0.1, 0.15) is 35.1 Å². The van der Waals surface area contributed by atoms with Crippen LogP contribution in [0.5, 0.6) is 23.0 Å². The number of unbranched alkanes of at least 4 members (excludes halogenated alkanes) is 8. The minimum Gasteiger partial charge on any atom is -0.493 e. The smallest absolute Gasteiger partial charge is 0.334 e. The summed E-state index contributed by atoms with van der Waals surface area (Å²) in [4.78, 5) is 138. The Kier molecular flexibility index (Phi) is 30.6. The average Bonchev–Trinajstić information content (AvgIpc) is 0.773. The first kappa shape index (κ1) is 84.0. The van der Waals surface area contributed by atoms with Crippen molar-refractivity contribution in [1.29, 1.82) is 0 Å². The van der Waals surface area contributed by atoms with Crippen LogP contribution in [0.25, 0.3) is 0 Å². The summed E-state index contributed by atoms with van der Waals surface area (Å²) < 4.78 is 29.0. The quantitative estimate of drug-likeness (QED) is 0.0158. The number of nitrogens with two attached hydrogens (primary N) is 2. The second kappa shape index (κ2) is 42.3. The van der Waals surface area contributed by atoms with Crippen LogP contribution in [0.3, 0.4) is 0 Å².